The van der Waals surface area contributed by atoms with Crippen LogP contribution in [0.2, 0.25) is 0 Å². The minimum atomic E-state index is -4.11. The number of aryl methyl sites for hydroxylation is 2. The van der Waals surface area contributed by atoms with Crippen LogP contribution in [0.15, 0.2) is 0 Å². The van der Waals surface area contributed by atoms with Gasteiger partial charge >= 0.3 is 7.60 Å². The highest BCUT2D eigenvalue weighted by atomic mass is 31.2. The molecule has 0 saturated heterocycles. The van der Waals surface area contributed by atoms with Crippen LogP contribution in [0.4, 0.5) is 0 Å². The first kappa shape index (κ1) is 12.9. The maximum absolute atomic E-state index is 11.1. The summed E-state index contributed by atoms with van der Waals surface area (Å²) in [7, 11) is -4.11. The lowest BCUT2D eigenvalue weighted by Gasteiger charge is -1.99. The molecule has 0 atom stereocenters. The molecule has 7 nitrogen and oxygen atoms in total. The molecule has 8 heteroatoms. The Bertz CT molecular complexity index is 461. The van der Waals surface area contributed by atoms with Gasteiger partial charge in [0.1, 0.15) is 0 Å². The molecule has 0 aromatic carbocycles. The standard InChI is InChI=1S/C8H13N2O5P/c1-5-8(6(2)11)10(12)7(9-5)3-4-16(13,14)15/h12H,3-4H2,1-2H3,(H2,13,14,15)/p+1. The molecular weight excluding hydrogens is 235 g/mol. The number of hydrogen-bond acceptors (Lipinski definition) is 3. The zero-order valence-corrected chi connectivity index (χ0v) is 9.86. The Morgan fingerprint density at radius 1 is 1.50 bits per heavy atom. The van der Waals surface area contributed by atoms with Crippen LogP contribution in [-0.2, 0) is 11.0 Å². The molecule has 1 rings (SSSR count). The minimum absolute atomic E-state index is 0.0328. The predicted octanol–water partition coefficient (Wildman–Crippen LogP) is -0.229. The third-order valence-corrected chi connectivity index (χ3v) is 2.93. The third-order valence-electron chi connectivity index (χ3n) is 2.13. The predicted molar refractivity (Wildman–Crippen MR) is 53.5 cm³/mol. The summed E-state index contributed by atoms with van der Waals surface area (Å²) >= 11 is 0. The van der Waals surface area contributed by atoms with Gasteiger partial charge in [0.15, 0.2) is 5.69 Å². The van der Waals surface area contributed by atoms with Crippen molar-refractivity contribution in [3.8, 4) is 0 Å². The van der Waals surface area contributed by atoms with Gasteiger partial charge in [-0.3, -0.25) is 9.36 Å². The van der Waals surface area contributed by atoms with Gasteiger partial charge in [0.05, 0.1) is 12.6 Å². The van der Waals surface area contributed by atoms with Gasteiger partial charge in [-0.1, -0.05) is 0 Å². The SMILES string of the molecule is CC(=O)c1c(C)[nH]c(CCP(=O)(O)O)[n+]1O. The number of hydrogen-bond donors (Lipinski definition) is 4. The van der Waals surface area contributed by atoms with Crippen molar-refractivity contribution in [1.82, 2.24) is 4.98 Å². The fourth-order valence-electron chi connectivity index (χ4n) is 1.46. The summed E-state index contributed by atoms with van der Waals surface area (Å²) in [5, 5.41) is 9.59. The summed E-state index contributed by atoms with van der Waals surface area (Å²) in [6.45, 7) is 2.90. The molecule has 0 spiro atoms. The number of aromatic amines is 1. The van der Waals surface area contributed by atoms with E-state index >= 15 is 0 Å². The van der Waals surface area contributed by atoms with Gasteiger partial charge in [-0.25, -0.2) is 4.98 Å². The zero-order valence-electron chi connectivity index (χ0n) is 8.97. The summed E-state index contributed by atoms with van der Waals surface area (Å²) in [4.78, 5) is 31.3. The van der Waals surface area contributed by atoms with E-state index in [0.717, 1.165) is 0 Å². The molecule has 0 bridgehead atoms. The number of imidazole rings is 1. The summed E-state index contributed by atoms with van der Waals surface area (Å²) in [6.07, 6.45) is -0.417. The van der Waals surface area contributed by atoms with E-state index in [9.17, 15) is 14.6 Å². The lowest BCUT2D eigenvalue weighted by atomic mass is 10.3. The lowest BCUT2D eigenvalue weighted by molar-refractivity contribution is -0.909. The number of rotatable bonds is 4. The molecule has 0 amide bonds. The van der Waals surface area contributed by atoms with Crippen LogP contribution in [0, 0.1) is 6.92 Å². The molecule has 0 unspecified atom stereocenters. The highest BCUT2D eigenvalue weighted by molar-refractivity contribution is 7.51. The van der Waals surface area contributed by atoms with E-state index in [0.29, 0.717) is 10.4 Å². The fourth-order valence-corrected chi connectivity index (χ4v) is 1.96. The second kappa shape index (κ2) is 4.37. The van der Waals surface area contributed by atoms with E-state index in [4.69, 9.17) is 9.79 Å². The Balaban J connectivity index is 2.96. The van der Waals surface area contributed by atoms with Gasteiger partial charge in [-0.2, -0.15) is 0 Å². The number of nitrogens with zero attached hydrogens (tertiary/aromatic N) is 1. The lowest BCUT2D eigenvalue weighted by Crippen LogP contribution is -2.39. The third kappa shape index (κ3) is 2.91. The minimum Gasteiger partial charge on any atom is -0.349 e. The number of aromatic nitrogens is 2. The van der Waals surface area contributed by atoms with E-state index in [2.05, 4.69) is 4.98 Å². The van der Waals surface area contributed by atoms with Gasteiger partial charge in [-0.15, -0.1) is 0 Å². The van der Waals surface area contributed by atoms with Gasteiger partial charge < -0.3 is 15.0 Å². The first-order valence-electron chi connectivity index (χ1n) is 4.60. The van der Waals surface area contributed by atoms with Crippen molar-refractivity contribution in [3.63, 3.8) is 0 Å². The number of nitrogens with one attached hydrogen (secondary N) is 1. The normalized spacial score (nSPS) is 11.8. The van der Waals surface area contributed by atoms with Gasteiger partial charge in [0.25, 0.3) is 11.5 Å². The molecule has 0 aliphatic heterocycles. The van der Waals surface area contributed by atoms with E-state index in [1.54, 1.807) is 6.92 Å². The fraction of sp³-hybridized carbons (Fsp3) is 0.500. The second-order valence-electron chi connectivity index (χ2n) is 3.55. The topological polar surface area (TPSA) is 114 Å². The maximum atomic E-state index is 11.1. The molecular formula is C8H14N2O5P+. The number of H-pyrrole nitrogens is 1. The summed E-state index contributed by atoms with van der Waals surface area (Å²) in [5.41, 5.74) is 0.566. The molecule has 0 fully saturated rings. The Labute approximate surface area is 91.9 Å². The number of carbonyl (C=O) groups is 1. The van der Waals surface area contributed by atoms with Crippen LogP contribution in [0.5, 0.6) is 0 Å². The molecule has 16 heavy (non-hydrogen) atoms. The molecule has 0 aliphatic rings. The van der Waals surface area contributed by atoms with Gasteiger partial charge in [-0.05, 0) is 4.73 Å². The summed E-state index contributed by atoms with van der Waals surface area (Å²) in [6, 6.07) is 0. The van der Waals surface area contributed by atoms with Crippen molar-refractivity contribution in [2.24, 2.45) is 0 Å². The van der Waals surface area contributed by atoms with Crippen LogP contribution in [0.3, 0.4) is 0 Å². The summed E-state index contributed by atoms with van der Waals surface area (Å²) in [5.74, 6) is -0.121. The Hall–Kier alpha value is -1.17. The van der Waals surface area contributed by atoms with Crippen molar-refractivity contribution >= 4 is 13.4 Å². The Morgan fingerprint density at radius 2 is 2.06 bits per heavy atom. The smallest absolute Gasteiger partial charge is 0.326 e. The molecule has 90 valence electrons. The van der Waals surface area contributed by atoms with Crippen molar-refractivity contribution in [3.05, 3.63) is 17.2 Å². The van der Waals surface area contributed by atoms with E-state index in [1.165, 1.54) is 6.92 Å². The van der Waals surface area contributed by atoms with Crippen LogP contribution >= 0.6 is 7.60 Å². The largest absolute Gasteiger partial charge is 0.349 e. The van der Waals surface area contributed by atoms with Crippen molar-refractivity contribution in [2.45, 2.75) is 20.3 Å². The molecule has 0 saturated carbocycles. The highest BCUT2D eigenvalue weighted by Gasteiger charge is 2.27. The quantitative estimate of drug-likeness (QED) is 0.255. The highest BCUT2D eigenvalue weighted by Crippen LogP contribution is 2.34. The number of Topliss-reactive ketones (excluding diaryl/α,β-unsaturated/α-hetero) is 1. The maximum Gasteiger partial charge on any atom is 0.326 e. The van der Waals surface area contributed by atoms with Crippen LogP contribution in [0.1, 0.15) is 28.9 Å². The second-order valence-corrected chi connectivity index (χ2v) is 5.33. The van der Waals surface area contributed by atoms with Crippen molar-refractivity contribution in [2.75, 3.05) is 6.16 Å². The van der Waals surface area contributed by atoms with Gasteiger partial charge in [0, 0.05) is 13.8 Å². The first-order chi connectivity index (χ1) is 7.22. The first-order valence-corrected chi connectivity index (χ1v) is 6.40. The zero-order chi connectivity index (χ0) is 12.5. The molecule has 1 heterocycles. The van der Waals surface area contributed by atoms with Gasteiger partial charge in [0.2, 0.25) is 5.78 Å². The molecule has 1 aromatic heterocycles. The number of ketones is 1. The Kier molecular flexibility index (Phi) is 3.52. The van der Waals surface area contributed by atoms with Crippen LogP contribution < -0.4 is 4.73 Å². The molecule has 1 aromatic rings. The average molecular weight is 249 g/mol. The molecule has 0 aliphatic carbocycles. The van der Waals surface area contributed by atoms with Crippen molar-refractivity contribution in [1.29, 1.82) is 0 Å². The van der Waals surface area contributed by atoms with Crippen LogP contribution in [0.25, 0.3) is 0 Å². The molecule has 0 radical (unpaired) electrons. The van der Waals surface area contributed by atoms with E-state index in [-0.39, 0.29) is 29.9 Å². The average Bonchev–Trinajstić information content (AvgIpc) is 2.36. The van der Waals surface area contributed by atoms with Crippen LogP contribution in [-0.4, -0.2) is 31.9 Å². The summed E-state index contributed by atoms with van der Waals surface area (Å²) < 4.78 is 11.3. The van der Waals surface area contributed by atoms with E-state index < -0.39 is 7.60 Å². The Morgan fingerprint density at radius 3 is 2.44 bits per heavy atom. The van der Waals surface area contributed by atoms with Crippen molar-refractivity contribution < 1.29 is 29.1 Å². The molecule has 4 N–H and O–H groups in total. The number of carbonyl (C=O) groups excluding carboxylic acids is 1. The van der Waals surface area contributed by atoms with E-state index in [1.807, 2.05) is 0 Å². The monoisotopic (exact) mass is 249 g/mol.